The number of carbonyl (C=O) groups excluding carboxylic acids is 2. The maximum atomic E-state index is 12.1. The molecule has 0 unspecified atom stereocenters. The summed E-state index contributed by atoms with van der Waals surface area (Å²) in [6.07, 6.45) is 0. The molecule has 0 aliphatic carbocycles. The Hall–Kier alpha value is -2.33. The SMILES string of the molecule is Cc1ccc(Cl)cc1NC(=O)C(=O)Nc1ccccc1C(C)C. The molecule has 0 spiro atoms. The lowest BCUT2D eigenvalue weighted by molar-refractivity contribution is -0.133. The molecule has 2 rings (SSSR count). The van der Waals surface area contributed by atoms with Crippen molar-refractivity contribution in [1.29, 1.82) is 0 Å². The molecule has 0 atom stereocenters. The van der Waals surface area contributed by atoms with Gasteiger partial charge in [-0.05, 0) is 42.2 Å². The summed E-state index contributed by atoms with van der Waals surface area (Å²) in [5.41, 5.74) is 2.98. The molecule has 4 nitrogen and oxygen atoms in total. The second kappa shape index (κ2) is 7.29. The molecule has 0 fully saturated rings. The molecule has 2 aromatic carbocycles. The molecule has 0 aliphatic rings. The van der Waals surface area contributed by atoms with Crippen molar-refractivity contribution in [2.75, 3.05) is 10.6 Å². The molecule has 0 saturated carbocycles. The van der Waals surface area contributed by atoms with E-state index in [0.29, 0.717) is 16.4 Å². The summed E-state index contributed by atoms with van der Waals surface area (Å²) >= 11 is 5.91. The number of hydrogen-bond acceptors (Lipinski definition) is 2. The molecule has 2 amide bonds. The van der Waals surface area contributed by atoms with E-state index >= 15 is 0 Å². The number of benzene rings is 2. The monoisotopic (exact) mass is 330 g/mol. The molecular formula is C18H19ClN2O2. The Morgan fingerprint density at radius 3 is 2.22 bits per heavy atom. The first-order valence-electron chi connectivity index (χ1n) is 7.36. The average Bonchev–Trinajstić information content (AvgIpc) is 2.51. The van der Waals surface area contributed by atoms with Gasteiger partial charge in [0.2, 0.25) is 0 Å². The van der Waals surface area contributed by atoms with Crippen molar-refractivity contribution >= 4 is 34.8 Å². The molecule has 0 saturated heterocycles. The van der Waals surface area contributed by atoms with Crippen LogP contribution in [0.4, 0.5) is 11.4 Å². The summed E-state index contributed by atoms with van der Waals surface area (Å²) in [5, 5.41) is 5.74. The number of amides is 2. The van der Waals surface area contributed by atoms with Crippen LogP contribution in [0.1, 0.15) is 30.9 Å². The summed E-state index contributed by atoms with van der Waals surface area (Å²) in [7, 11) is 0. The zero-order chi connectivity index (χ0) is 17.0. The number of carbonyl (C=O) groups is 2. The fourth-order valence-electron chi connectivity index (χ4n) is 2.20. The van der Waals surface area contributed by atoms with Gasteiger partial charge in [-0.15, -0.1) is 0 Å². The van der Waals surface area contributed by atoms with Crippen LogP contribution in [0, 0.1) is 6.92 Å². The van der Waals surface area contributed by atoms with Crippen molar-refractivity contribution in [1.82, 2.24) is 0 Å². The molecule has 0 aromatic heterocycles. The van der Waals surface area contributed by atoms with E-state index in [-0.39, 0.29) is 5.92 Å². The number of rotatable bonds is 3. The Morgan fingerprint density at radius 2 is 1.57 bits per heavy atom. The van der Waals surface area contributed by atoms with E-state index in [0.717, 1.165) is 11.1 Å². The summed E-state index contributed by atoms with van der Waals surface area (Å²) in [6.45, 7) is 5.89. The summed E-state index contributed by atoms with van der Waals surface area (Å²) in [4.78, 5) is 24.2. The molecule has 5 heteroatoms. The minimum atomic E-state index is -0.728. The lowest BCUT2D eigenvalue weighted by atomic mass is 10.0. The van der Waals surface area contributed by atoms with Crippen molar-refractivity contribution in [2.45, 2.75) is 26.7 Å². The Kier molecular flexibility index (Phi) is 5.40. The zero-order valence-electron chi connectivity index (χ0n) is 13.3. The van der Waals surface area contributed by atoms with Gasteiger partial charge in [-0.1, -0.05) is 49.7 Å². The zero-order valence-corrected chi connectivity index (χ0v) is 14.1. The van der Waals surface area contributed by atoms with Crippen molar-refractivity contribution < 1.29 is 9.59 Å². The maximum absolute atomic E-state index is 12.1. The molecule has 23 heavy (non-hydrogen) atoms. The van der Waals surface area contributed by atoms with Gasteiger partial charge >= 0.3 is 11.8 Å². The second-order valence-electron chi connectivity index (χ2n) is 5.61. The van der Waals surface area contributed by atoms with Crippen LogP contribution in [-0.4, -0.2) is 11.8 Å². The van der Waals surface area contributed by atoms with Crippen LogP contribution < -0.4 is 10.6 Å². The van der Waals surface area contributed by atoms with Gasteiger partial charge in [0, 0.05) is 16.4 Å². The van der Waals surface area contributed by atoms with E-state index in [2.05, 4.69) is 10.6 Å². The molecule has 120 valence electrons. The smallest absolute Gasteiger partial charge is 0.314 e. The molecule has 0 bridgehead atoms. The average molecular weight is 331 g/mol. The fourth-order valence-corrected chi connectivity index (χ4v) is 2.37. The molecule has 2 aromatic rings. The molecular weight excluding hydrogens is 312 g/mol. The van der Waals surface area contributed by atoms with E-state index < -0.39 is 11.8 Å². The van der Waals surface area contributed by atoms with Crippen LogP contribution in [0.2, 0.25) is 5.02 Å². The van der Waals surface area contributed by atoms with Crippen molar-refractivity contribution in [3.8, 4) is 0 Å². The third-order valence-corrected chi connectivity index (χ3v) is 3.72. The van der Waals surface area contributed by atoms with Crippen molar-refractivity contribution in [3.63, 3.8) is 0 Å². The normalized spacial score (nSPS) is 10.5. The van der Waals surface area contributed by atoms with Gasteiger partial charge < -0.3 is 10.6 Å². The highest BCUT2D eigenvalue weighted by atomic mass is 35.5. The second-order valence-corrected chi connectivity index (χ2v) is 6.05. The van der Waals surface area contributed by atoms with Crippen LogP contribution in [0.5, 0.6) is 0 Å². The predicted octanol–water partition coefficient (Wildman–Crippen LogP) is 4.35. The number of aryl methyl sites for hydroxylation is 1. The van der Waals surface area contributed by atoms with Crippen LogP contribution in [0.15, 0.2) is 42.5 Å². The molecule has 0 heterocycles. The number of anilines is 2. The van der Waals surface area contributed by atoms with Crippen LogP contribution in [0.3, 0.4) is 0 Å². The molecule has 0 radical (unpaired) electrons. The largest absolute Gasteiger partial charge is 0.318 e. The van der Waals surface area contributed by atoms with Gasteiger partial charge in [-0.25, -0.2) is 0 Å². The highest BCUT2D eigenvalue weighted by Gasteiger charge is 2.17. The van der Waals surface area contributed by atoms with Gasteiger partial charge in [0.15, 0.2) is 0 Å². The predicted molar refractivity (Wildman–Crippen MR) is 94.0 cm³/mol. The van der Waals surface area contributed by atoms with Crippen LogP contribution >= 0.6 is 11.6 Å². The van der Waals surface area contributed by atoms with Gasteiger partial charge in [0.25, 0.3) is 0 Å². The van der Waals surface area contributed by atoms with Gasteiger partial charge in [0.05, 0.1) is 0 Å². The third-order valence-electron chi connectivity index (χ3n) is 3.49. The number of halogens is 1. The first kappa shape index (κ1) is 17.0. The summed E-state index contributed by atoms with van der Waals surface area (Å²) < 4.78 is 0. The van der Waals surface area contributed by atoms with Gasteiger partial charge in [0.1, 0.15) is 0 Å². The van der Waals surface area contributed by atoms with E-state index in [4.69, 9.17) is 11.6 Å². The van der Waals surface area contributed by atoms with Crippen LogP contribution in [0.25, 0.3) is 0 Å². The van der Waals surface area contributed by atoms with E-state index in [1.165, 1.54) is 0 Å². The molecule has 0 aliphatic heterocycles. The Balaban J connectivity index is 2.12. The Morgan fingerprint density at radius 1 is 0.957 bits per heavy atom. The number of para-hydroxylation sites is 1. The minimum Gasteiger partial charge on any atom is -0.318 e. The highest BCUT2D eigenvalue weighted by molar-refractivity contribution is 6.44. The van der Waals surface area contributed by atoms with E-state index in [9.17, 15) is 9.59 Å². The maximum Gasteiger partial charge on any atom is 0.314 e. The van der Waals surface area contributed by atoms with Crippen LogP contribution in [-0.2, 0) is 9.59 Å². The third kappa shape index (κ3) is 4.33. The lowest BCUT2D eigenvalue weighted by Crippen LogP contribution is -2.29. The first-order valence-corrected chi connectivity index (χ1v) is 7.73. The van der Waals surface area contributed by atoms with Gasteiger partial charge in [-0.2, -0.15) is 0 Å². The summed E-state index contributed by atoms with van der Waals surface area (Å²) in [6, 6.07) is 12.6. The Labute approximate surface area is 140 Å². The standard InChI is InChI=1S/C18H19ClN2O2/c1-11(2)14-6-4-5-7-15(14)20-17(22)18(23)21-16-10-13(19)9-8-12(16)3/h4-11H,1-3H3,(H,20,22)(H,21,23). The minimum absolute atomic E-state index is 0.240. The van der Waals surface area contributed by atoms with Crippen molar-refractivity contribution in [3.05, 3.63) is 58.6 Å². The van der Waals surface area contributed by atoms with Gasteiger partial charge in [-0.3, -0.25) is 9.59 Å². The van der Waals surface area contributed by atoms with Crippen molar-refractivity contribution in [2.24, 2.45) is 0 Å². The summed E-state index contributed by atoms with van der Waals surface area (Å²) in [5.74, 6) is -1.20. The van der Waals surface area contributed by atoms with E-state index in [1.807, 2.05) is 39.0 Å². The topological polar surface area (TPSA) is 58.2 Å². The lowest BCUT2D eigenvalue weighted by Gasteiger charge is -2.14. The first-order chi connectivity index (χ1) is 10.9. The Bertz CT molecular complexity index is 742. The quantitative estimate of drug-likeness (QED) is 0.822. The molecule has 2 N–H and O–H groups in total. The fraction of sp³-hybridized carbons (Fsp3) is 0.222. The van der Waals surface area contributed by atoms with E-state index in [1.54, 1.807) is 24.3 Å². The number of hydrogen-bond donors (Lipinski definition) is 2. The number of nitrogens with one attached hydrogen (secondary N) is 2. The highest BCUT2D eigenvalue weighted by Crippen LogP contribution is 2.24.